The third-order valence-corrected chi connectivity index (χ3v) is 2.53. The molecule has 0 aliphatic rings. The van der Waals surface area contributed by atoms with Gasteiger partial charge in [0.2, 0.25) is 0 Å². The van der Waals surface area contributed by atoms with Crippen LogP contribution in [0.1, 0.15) is 20.8 Å². The van der Waals surface area contributed by atoms with Crippen LogP contribution in [-0.2, 0) is 4.79 Å². The minimum atomic E-state index is -0.500. The van der Waals surface area contributed by atoms with Crippen LogP contribution in [0.25, 0.3) is 0 Å². The number of rotatable bonds is 5. The lowest BCUT2D eigenvalue weighted by Crippen LogP contribution is -2.47. The third-order valence-electron chi connectivity index (χ3n) is 2.53. The molecule has 3 nitrogen and oxygen atoms in total. The number of quaternary nitrogens is 1. The molecular formula is C10H21NO2. The van der Waals surface area contributed by atoms with Crippen LogP contribution >= 0.6 is 0 Å². The maximum atomic E-state index is 8.25. The van der Waals surface area contributed by atoms with Gasteiger partial charge in [-0.3, -0.25) is 0 Å². The van der Waals surface area contributed by atoms with E-state index < -0.39 is 6.47 Å². The molecule has 0 rings (SSSR count). The minimum absolute atomic E-state index is 0.500. The van der Waals surface area contributed by atoms with E-state index in [1.165, 1.54) is 24.1 Å². The van der Waals surface area contributed by atoms with Gasteiger partial charge in [0.15, 0.2) is 0 Å². The molecule has 0 saturated heterocycles. The molecule has 0 aromatic carbocycles. The molecule has 0 aromatic heterocycles. The van der Waals surface area contributed by atoms with Crippen molar-refractivity contribution >= 4 is 6.47 Å². The van der Waals surface area contributed by atoms with Crippen molar-refractivity contribution in [2.24, 2.45) is 0 Å². The molecule has 78 valence electrons. The van der Waals surface area contributed by atoms with Crippen LogP contribution in [-0.4, -0.2) is 37.1 Å². The van der Waals surface area contributed by atoms with Crippen LogP contribution in [0.5, 0.6) is 0 Å². The van der Waals surface area contributed by atoms with Gasteiger partial charge in [-0.15, -0.1) is 0 Å². The van der Waals surface area contributed by atoms with Gasteiger partial charge in [-0.2, -0.15) is 0 Å². The number of hydrogen-bond donors (Lipinski definition) is 0. The lowest BCUT2D eigenvalue weighted by atomic mass is 10.3. The molecule has 0 saturated carbocycles. The Morgan fingerprint density at radius 1 is 1.23 bits per heavy atom. The molecule has 0 N–H and O–H groups in total. The summed E-state index contributed by atoms with van der Waals surface area (Å²) in [5.41, 5.74) is 0. The van der Waals surface area contributed by atoms with Crippen molar-refractivity contribution in [3.63, 3.8) is 0 Å². The Kier molecular flexibility index (Phi) is 10.5. The lowest BCUT2D eigenvalue weighted by Gasteiger charge is -2.34. The molecule has 13 heavy (non-hydrogen) atoms. The van der Waals surface area contributed by atoms with Crippen molar-refractivity contribution in [2.75, 3.05) is 26.2 Å². The first kappa shape index (κ1) is 14.7. The van der Waals surface area contributed by atoms with Crippen LogP contribution in [0.2, 0.25) is 0 Å². The molecule has 0 heterocycles. The summed E-state index contributed by atoms with van der Waals surface area (Å²) in [6.45, 7) is 14.8. The molecule has 0 aromatic rings. The number of carbonyl (C=O) groups excluding carboxylic acids is 1. The lowest BCUT2D eigenvalue weighted by molar-refractivity contribution is -0.917. The summed E-state index contributed by atoms with van der Waals surface area (Å²) >= 11 is 0. The van der Waals surface area contributed by atoms with Crippen molar-refractivity contribution in [3.8, 4) is 0 Å². The molecule has 0 atom stereocenters. The fourth-order valence-electron chi connectivity index (χ4n) is 1.33. The van der Waals surface area contributed by atoms with Gasteiger partial charge < -0.3 is 14.4 Å². The van der Waals surface area contributed by atoms with Crippen LogP contribution in [0.15, 0.2) is 12.7 Å². The van der Waals surface area contributed by atoms with Crippen LogP contribution in [0.4, 0.5) is 0 Å². The van der Waals surface area contributed by atoms with Gasteiger partial charge in [-0.1, -0.05) is 6.58 Å². The van der Waals surface area contributed by atoms with Gasteiger partial charge in [0, 0.05) is 6.47 Å². The zero-order valence-electron chi connectivity index (χ0n) is 8.95. The van der Waals surface area contributed by atoms with E-state index in [2.05, 4.69) is 27.4 Å². The highest BCUT2D eigenvalue weighted by atomic mass is 16.3. The molecule has 0 amide bonds. The summed E-state index contributed by atoms with van der Waals surface area (Å²) in [5, 5.41) is 8.25. The number of nitrogens with zero attached hydrogens (tertiary/aromatic N) is 1. The predicted octanol–water partition coefficient (Wildman–Crippen LogP) is 0.415. The molecule has 3 heteroatoms. The molecule has 0 unspecified atom stereocenters. The topological polar surface area (TPSA) is 40.1 Å². The van der Waals surface area contributed by atoms with Crippen molar-refractivity contribution in [1.82, 2.24) is 0 Å². The van der Waals surface area contributed by atoms with E-state index in [-0.39, 0.29) is 0 Å². The average molecular weight is 187 g/mol. The maximum Gasteiger partial charge on any atom is 0.0970 e. The van der Waals surface area contributed by atoms with Gasteiger partial charge >= 0.3 is 0 Å². The molecule has 0 fully saturated rings. The molecular weight excluding hydrogens is 166 g/mol. The molecule has 0 spiro atoms. The highest BCUT2D eigenvalue weighted by Crippen LogP contribution is 2.04. The Hall–Kier alpha value is -0.830. The number of likely N-dealkylation sites (N-methyl/N-ethyl adjacent to an activating group) is 1. The van der Waals surface area contributed by atoms with Crippen molar-refractivity contribution in [2.45, 2.75) is 20.8 Å². The van der Waals surface area contributed by atoms with E-state index in [9.17, 15) is 0 Å². The molecule has 0 aliphatic carbocycles. The third kappa shape index (κ3) is 6.34. The highest BCUT2D eigenvalue weighted by Gasteiger charge is 2.17. The number of hydrogen-bond acceptors (Lipinski definition) is 2. The summed E-state index contributed by atoms with van der Waals surface area (Å²) in [6, 6.07) is 0. The van der Waals surface area contributed by atoms with Gasteiger partial charge in [0.25, 0.3) is 0 Å². The average Bonchev–Trinajstić information content (AvgIpc) is 2.16. The van der Waals surface area contributed by atoms with Gasteiger partial charge in [-0.05, 0) is 26.8 Å². The Balaban J connectivity index is 0. The second kappa shape index (κ2) is 9.26. The standard InChI is InChI=1S/C9H20N.CH2O2/c1-5-9-10(6-2,7-3)8-4;2-1-3/h5H,1,6-9H2,2-4H3;1H,(H,2,3)/q+1;/p-1. The maximum absolute atomic E-state index is 8.25. The normalized spacial score (nSPS) is 9.77. The Bertz CT molecular complexity index is 123. The Morgan fingerprint density at radius 2 is 1.54 bits per heavy atom. The van der Waals surface area contributed by atoms with Crippen LogP contribution in [0, 0.1) is 0 Å². The van der Waals surface area contributed by atoms with Crippen LogP contribution < -0.4 is 5.11 Å². The summed E-state index contributed by atoms with van der Waals surface area (Å²) in [5.74, 6) is 0. The zero-order valence-corrected chi connectivity index (χ0v) is 8.95. The summed E-state index contributed by atoms with van der Waals surface area (Å²) in [7, 11) is 0. The Morgan fingerprint density at radius 3 is 1.62 bits per heavy atom. The van der Waals surface area contributed by atoms with Gasteiger partial charge in [0.1, 0.15) is 0 Å². The van der Waals surface area contributed by atoms with Crippen molar-refractivity contribution < 1.29 is 14.4 Å². The fourth-order valence-corrected chi connectivity index (χ4v) is 1.33. The van der Waals surface area contributed by atoms with Crippen molar-refractivity contribution in [3.05, 3.63) is 12.7 Å². The minimum Gasteiger partial charge on any atom is -0.554 e. The van der Waals surface area contributed by atoms with E-state index in [0.29, 0.717) is 0 Å². The summed E-state index contributed by atoms with van der Waals surface area (Å²) in [4.78, 5) is 8.25. The SMILES string of the molecule is C=CC[N+](CC)(CC)CC.O=C[O-]. The predicted molar refractivity (Wildman–Crippen MR) is 53.0 cm³/mol. The van der Waals surface area contributed by atoms with Gasteiger partial charge in [0.05, 0.1) is 26.2 Å². The van der Waals surface area contributed by atoms with E-state index in [0.717, 1.165) is 6.54 Å². The zero-order chi connectivity index (χ0) is 10.7. The van der Waals surface area contributed by atoms with E-state index >= 15 is 0 Å². The smallest absolute Gasteiger partial charge is 0.0970 e. The largest absolute Gasteiger partial charge is 0.554 e. The second-order valence-electron chi connectivity index (χ2n) is 2.86. The summed E-state index contributed by atoms with van der Waals surface area (Å²) in [6.07, 6.45) is 2.02. The van der Waals surface area contributed by atoms with Gasteiger partial charge in [-0.25, -0.2) is 0 Å². The first-order valence-corrected chi connectivity index (χ1v) is 4.67. The summed E-state index contributed by atoms with van der Waals surface area (Å²) < 4.78 is 1.18. The number of carboxylic acid groups (broad SMARTS) is 1. The quantitative estimate of drug-likeness (QED) is 0.355. The van der Waals surface area contributed by atoms with Crippen molar-refractivity contribution in [1.29, 1.82) is 0 Å². The van der Waals surface area contributed by atoms with Crippen LogP contribution in [0.3, 0.4) is 0 Å². The second-order valence-corrected chi connectivity index (χ2v) is 2.86. The van der Waals surface area contributed by atoms with E-state index in [1.807, 2.05) is 6.08 Å². The monoisotopic (exact) mass is 187 g/mol. The van der Waals surface area contributed by atoms with E-state index in [1.54, 1.807) is 0 Å². The molecule has 0 radical (unpaired) electrons. The first-order valence-electron chi connectivity index (χ1n) is 4.67. The molecule has 0 aliphatic heterocycles. The number of carbonyl (C=O) groups is 1. The molecule has 0 bridgehead atoms. The first-order chi connectivity index (χ1) is 6.16. The Labute approximate surface area is 81.3 Å². The fraction of sp³-hybridized carbons (Fsp3) is 0.700. The highest BCUT2D eigenvalue weighted by molar-refractivity contribution is 5.29. The van der Waals surface area contributed by atoms with E-state index in [4.69, 9.17) is 9.90 Å².